The van der Waals surface area contributed by atoms with Crippen LogP contribution < -0.4 is 15.4 Å². The monoisotopic (exact) mass is 250 g/mol. The Hall–Kier alpha value is -1.55. The molecule has 1 aromatic rings. The number of rotatable bonds is 7. The number of likely N-dealkylation sites (N-methyl/N-ethyl adjacent to an activating group) is 1. The van der Waals surface area contributed by atoms with Crippen molar-refractivity contribution in [2.45, 2.75) is 20.3 Å². The number of hydrogen-bond donors (Lipinski definition) is 2. The van der Waals surface area contributed by atoms with Gasteiger partial charge >= 0.3 is 0 Å². The van der Waals surface area contributed by atoms with E-state index < -0.39 is 0 Å². The lowest BCUT2D eigenvalue weighted by Gasteiger charge is -2.10. The van der Waals surface area contributed by atoms with Crippen molar-refractivity contribution < 1.29 is 9.53 Å². The first-order valence-corrected chi connectivity index (χ1v) is 6.29. The Morgan fingerprint density at radius 2 is 2.17 bits per heavy atom. The Morgan fingerprint density at radius 3 is 2.83 bits per heavy atom. The molecule has 1 aromatic carbocycles. The predicted octanol–water partition coefficient (Wildman–Crippen LogP) is 2.27. The van der Waals surface area contributed by atoms with Crippen LogP contribution >= 0.6 is 0 Å². The minimum absolute atomic E-state index is 0.0585. The summed E-state index contributed by atoms with van der Waals surface area (Å²) in [5.74, 6) is 1.36. The molecule has 0 saturated heterocycles. The Kier molecular flexibility index (Phi) is 6.22. The lowest BCUT2D eigenvalue weighted by Crippen LogP contribution is -2.25. The van der Waals surface area contributed by atoms with Crippen LogP contribution in [0.5, 0.6) is 5.75 Å². The van der Waals surface area contributed by atoms with Crippen LogP contribution in [0, 0.1) is 5.92 Å². The number of ether oxygens (including phenoxy) is 1. The number of anilines is 1. The van der Waals surface area contributed by atoms with E-state index in [1.807, 2.05) is 24.3 Å². The molecule has 1 rings (SSSR count). The third kappa shape index (κ3) is 5.68. The molecule has 0 fully saturated rings. The minimum atomic E-state index is -0.0585. The summed E-state index contributed by atoms with van der Waals surface area (Å²) in [6, 6.07) is 7.46. The second kappa shape index (κ2) is 7.71. The van der Waals surface area contributed by atoms with E-state index in [0.29, 0.717) is 19.1 Å². The van der Waals surface area contributed by atoms with Gasteiger partial charge in [-0.15, -0.1) is 0 Å². The first-order valence-electron chi connectivity index (χ1n) is 6.29. The van der Waals surface area contributed by atoms with Crippen molar-refractivity contribution in [2.24, 2.45) is 5.92 Å². The van der Waals surface area contributed by atoms with E-state index in [9.17, 15) is 4.79 Å². The summed E-state index contributed by atoms with van der Waals surface area (Å²) in [4.78, 5) is 11.4. The van der Waals surface area contributed by atoms with Crippen LogP contribution in [0.15, 0.2) is 24.3 Å². The fourth-order valence-electron chi connectivity index (χ4n) is 1.44. The molecule has 0 unspecified atom stereocenters. The summed E-state index contributed by atoms with van der Waals surface area (Å²) in [6.45, 7) is 5.33. The maximum Gasteiger partial charge on any atom is 0.238 e. The highest BCUT2D eigenvalue weighted by atomic mass is 16.5. The fraction of sp³-hybridized carbons (Fsp3) is 0.500. The van der Waals surface area contributed by atoms with Crippen molar-refractivity contribution in [3.8, 4) is 5.75 Å². The van der Waals surface area contributed by atoms with Crippen LogP contribution in [-0.4, -0.2) is 26.1 Å². The van der Waals surface area contributed by atoms with Gasteiger partial charge in [0, 0.05) is 11.8 Å². The molecule has 0 aliphatic heterocycles. The molecule has 2 N–H and O–H groups in total. The zero-order valence-electron chi connectivity index (χ0n) is 11.3. The highest BCUT2D eigenvalue weighted by molar-refractivity contribution is 5.92. The topological polar surface area (TPSA) is 50.4 Å². The first kappa shape index (κ1) is 14.5. The smallest absolute Gasteiger partial charge is 0.238 e. The first-order chi connectivity index (χ1) is 8.61. The number of benzene rings is 1. The van der Waals surface area contributed by atoms with E-state index in [4.69, 9.17) is 4.74 Å². The normalized spacial score (nSPS) is 10.4. The van der Waals surface area contributed by atoms with Gasteiger partial charge in [0.2, 0.25) is 5.91 Å². The van der Waals surface area contributed by atoms with E-state index >= 15 is 0 Å². The van der Waals surface area contributed by atoms with Crippen molar-refractivity contribution in [3.05, 3.63) is 24.3 Å². The predicted molar refractivity (Wildman–Crippen MR) is 73.9 cm³/mol. The van der Waals surface area contributed by atoms with Gasteiger partial charge in [-0.3, -0.25) is 4.79 Å². The summed E-state index contributed by atoms with van der Waals surface area (Å²) < 4.78 is 5.63. The minimum Gasteiger partial charge on any atom is -0.494 e. The van der Waals surface area contributed by atoms with Gasteiger partial charge < -0.3 is 15.4 Å². The summed E-state index contributed by atoms with van der Waals surface area (Å²) in [7, 11) is 1.74. The number of carbonyl (C=O) groups is 1. The molecule has 0 saturated carbocycles. The van der Waals surface area contributed by atoms with E-state index in [0.717, 1.165) is 17.9 Å². The molecule has 0 bridgehead atoms. The molecule has 0 spiro atoms. The molecule has 18 heavy (non-hydrogen) atoms. The fourth-order valence-corrected chi connectivity index (χ4v) is 1.44. The lowest BCUT2D eigenvalue weighted by atomic mass is 10.1. The van der Waals surface area contributed by atoms with Gasteiger partial charge in [0.05, 0.1) is 13.2 Å². The highest BCUT2D eigenvalue weighted by Gasteiger charge is 2.02. The van der Waals surface area contributed by atoms with E-state index in [-0.39, 0.29) is 5.91 Å². The van der Waals surface area contributed by atoms with Crippen LogP contribution in [0.25, 0.3) is 0 Å². The van der Waals surface area contributed by atoms with Gasteiger partial charge in [0.15, 0.2) is 0 Å². The lowest BCUT2D eigenvalue weighted by molar-refractivity contribution is -0.115. The standard InChI is InChI=1S/C14H22N2O2/c1-11(2)7-8-18-13-6-4-5-12(9-13)16-14(17)10-15-3/h4-6,9,11,15H,7-8,10H2,1-3H3,(H,16,17). The largest absolute Gasteiger partial charge is 0.494 e. The summed E-state index contributed by atoms with van der Waals surface area (Å²) in [5.41, 5.74) is 0.761. The molecular weight excluding hydrogens is 228 g/mol. The second-order valence-corrected chi connectivity index (χ2v) is 4.64. The van der Waals surface area contributed by atoms with Crippen LogP contribution in [0.2, 0.25) is 0 Å². The molecular formula is C14H22N2O2. The molecule has 100 valence electrons. The third-order valence-corrected chi connectivity index (χ3v) is 2.42. The van der Waals surface area contributed by atoms with Crippen molar-refractivity contribution in [1.29, 1.82) is 0 Å². The molecule has 0 aliphatic rings. The summed E-state index contributed by atoms with van der Waals surface area (Å²) >= 11 is 0. The Balaban J connectivity index is 2.48. The number of carbonyl (C=O) groups excluding carboxylic acids is 1. The van der Waals surface area contributed by atoms with E-state index in [1.165, 1.54) is 0 Å². The molecule has 4 heteroatoms. The SMILES string of the molecule is CNCC(=O)Nc1cccc(OCCC(C)C)c1. The van der Waals surface area contributed by atoms with Gasteiger partial charge in [0.25, 0.3) is 0 Å². The van der Waals surface area contributed by atoms with Crippen LogP contribution in [0.1, 0.15) is 20.3 Å². The average Bonchev–Trinajstić information content (AvgIpc) is 2.29. The Morgan fingerprint density at radius 1 is 1.39 bits per heavy atom. The molecule has 0 radical (unpaired) electrons. The van der Waals surface area contributed by atoms with Gasteiger partial charge in [-0.05, 0) is 31.5 Å². The molecule has 4 nitrogen and oxygen atoms in total. The zero-order valence-corrected chi connectivity index (χ0v) is 11.3. The number of hydrogen-bond acceptors (Lipinski definition) is 3. The average molecular weight is 250 g/mol. The van der Waals surface area contributed by atoms with Gasteiger partial charge in [-0.25, -0.2) is 0 Å². The summed E-state index contributed by atoms with van der Waals surface area (Å²) in [6.07, 6.45) is 1.02. The maximum absolute atomic E-state index is 11.4. The number of nitrogens with one attached hydrogen (secondary N) is 2. The highest BCUT2D eigenvalue weighted by Crippen LogP contribution is 2.17. The van der Waals surface area contributed by atoms with E-state index in [1.54, 1.807) is 7.05 Å². The zero-order chi connectivity index (χ0) is 13.4. The molecule has 0 aromatic heterocycles. The molecule has 0 heterocycles. The Labute approximate surface area is 109 Å². The van der Waals surface area contributed by atoms with E-state index in [2.05, 4.69) is 24.5 Å². The van der Waals surface area contributed by atoms with Crippen molar-refractivity contribution in [3.63, 3.8) is 0 Å². The summed E-state index contributed by atoms with van der Waals surface area (Å²) in [5, 5.41) is 5.61. The van der Waals surface area contributed by atoms with Crippen LogP contribution in [0.3, 0.4) is 0 Å². The Bertz CT molecular complexity index is 378. The second-order valence-electron chi connectivity index (χ2n) is 4.64. The van der Waals surface area contributed by atoms with Crippen molar-refractivity contribution >= 4 is 11.6 Å². The molecule has 0 atom stereocenters. The molecule has 1 amide bonds. The number of amides is 1. The van der Waals surface area contributed by atoms with Crippen LogP contribution in [0.4, 0.5) is 5.69 Å². The van der Waals surface area contributed by atoms with Gasteiger partial charge in [0.1, 0.15) is 5.75 Å². The van der Waals surface area contributed by atoms with Crippen molar-refractivity contribution in [2.75, 3.05) is 25.5 Å². The van der Waals surface area contributed by atoms with Crippen LogP contribution in [-0.2, 0) is 4.79 Å². The van der Waals surface area contributed by atoms with Crippen molar-refractivity contribution in [1.82, 2.24) is 5.32 Å². The van der Waals surface area contributed by atoms with Gasteiger partial charge in [-0.2, -0.15) is 0 Å². The third-order valence-electron chi connectivity index (χ3n) is 2.42. The van der Waals surface area contributed by atoms with Gasteiger partial charge in [-0.1, -0.05) is 19.9 Å². The molecule has 0 aliphatic carbocycles. The quantitative estimate of drug-likeness (QED) is 0.780. The maximum atomic E-state index is 11.4.